The van der Waals surface area contributed by atoms with Gasteiger partial charge in [-0.15, -0.1) is 0 Å². The van der Waals surface area contributed by atoms with Gasteiger partial charge in [-0.1, -0.05) is 12.1 Å². The Bertz CT molecular complexity index is 1360. The minimum absolute atomic E-state index is 0.0528. The van der Waals surface area contributed by atoms with Crippen molar-refractivity contribution in [2.75, 3.05) is 18.0 Å². The van der Waals surface area contributed by atoms with Gasteiger partial charge in [0.25, 0.3) is 5.91 Å². The lowest BCUT2D eigenvalue weighted by molar-refractivity contribution is 0.0952. The van der Waals surface area contributed by atoms with Crippen LogP contribution in [0.15, 0.2) is 36.4 Å². The Morgan fingerprint density at radius 3 is 2.56 bits per heavy atom. The smallest absolute Gasteiger partial charge is 0.255 e. The van der Waals surface area contributed by atoms with E-state index in [0.29, 0.717) is 29.3 Å². The number of imidazole rings is 1. The fourth-order valence-corrected chi connectivity index (χ4v) is 4.96. The second kappa shape index (κ2) is 7.17. The summed E-state index contributed by atoms with van der Waals surface area (Å²) in [6, 6.07) is 13.3. The van der Waals surface area contributed by atoms with Crippen molar-refractivity contribution in [2.24, 2.45) is 0 Å². The van der Waals surface area contributed by atoms with Crippen molar-refractivity contribution in [3.8, 4) is 0 Å². The van der Waals surface area contributed by atoms with Crippen LogP contribution in [0.4, 0.5) is 5.82 Å². The molecule has 6 rings (SSSR count). The molecule has 32 heavy (non-hydrogen) atoms. The highest BCUT2D eigenvalue weighted by atomic mass is 16.1. The lowest BCUT2D eigenvalue weighted by Gasteiger charge is -2.37. The van der Waals surface area contributed by atoms with E-state index in [2.05, 4.69) is 52.8 Å². The highest BCUT2D eigenvalue weighted by Gasteiger charge is 2.27. The average Bonchev–Trinajstić information content (AvgIpc) is 3.48. The summed E-state index contributed by atoms with van der Waals surface area (Å²) >= 11 is 0. The molecule has 1 amide bonds. The van der Waals surface area contributed by atoms with Gasteiger partial charge in [0.15, 0.2) is 5.65 Å². The fraction of sp³-hybridized carbons (Fsp3) is 0.400. The zero-order chi connectivity index (χ0) is 22.0. The molecule has 7 heteroatoms. The third-order valence-electron chi connectivity index (χ3n) is 6.57. The minimum atomic E-state index is -0.0528. The topological polar surface area (TPSA) is 74.6 Å². The second-order valence-corrected chi connectivity index (χ2v) is 9.47. The molecule has 1 aliphatic carbocycles. The molecular formula is C25H28N6O. The predicted octanol–water partition coefficient (Wildman–Crippen LogP) is 3.42. The molecule has 3 aromatic heterocycles. The number of benzene rings is 1. The number of rotatable bonds is 3. The van der Waals surface area contributed by atoms with Gasteiger partial charge in [-0.2, -0.15) is 0 Å². The zero-order valence-electron chi connectivity index (χ0n) is 18.7. The van der Waals surface area contributed by atoms with E-state index in [4.69, 9.17) is 9.97 Å². The van der Waals surface area contributed by atoms with Gasteiger partial charge in [0.1, 0.15) is 11.5 Å². The van der Waals surface area contributed by atoms with E-state index in [1.807, 2.05) is 24.3 Å². The number of carbonyl (C=O) groups excluding carboxylic acids is 1. The van der Waals surface area contributed by atoms with Crippen molar-refractivity contribution in [3.63, 3.8) is 0 Å². The highest BCUT2D eigenvalue weighted by molar-refractivity contribution is 6.06. The number of nitrogens with zero attached hydrogens (tertiary/aromatic N) is 4. The van der Waals surface area contributed by atoms with Crippen molar-refractivity contribution in [3.05, 3.63) is 47.5 Å². The summed E-state index contributed by atoms with van der Waals surface area (Å²) in [7, 11) is 0. The molecule has 0 spiro atoms. The van der Waals surface area contributed by atoms with Gasteiger partial charge in [0, 0.05) is 36.6 Å². The highest BCUT2D eigenvalue weighted by Crippen LogP contribution is 2.30. The largest absolute Gasteiger partial charge is 0.353 e. The first kappa shape index (κ1) is 19.5. The Morgan fingerprint density at radius 2 is 1.81 bits per heavy atom. The molecule has 2 fully saturated rings. The van der Waals surface area contributed by atoms with Crippen LogP contribution in [0.2, 0.25) is 0 Å². The van der Waals surface area contributed by atoms with E-state index in [-0.39, 0.29) is 5.91 Å². The van der Waals surface area contributed by atoms with E-state index in [9.17, 15) is 4.79 Å². The summed E-state index contributed by atoms with van der Waals surface area (Å²) in [5, 5.41) is 7.72. The number of pyridine rings is 2. The van der Waals surface area contributed by atoms with Gasteiger partial charge in [-0.3, -0.25) is 9.20 Å². The van der Waals surface area contributed by atoms with Crippen molar-refractivity contribution in [1.82, 2.24) is 25.0 Å². The number of piperazine rings is 1. The molecule has 0 radical (unpaired) electrons. The predicted molar refractivity (Wildman–Crippen MR) is 127 cm³/mol. The Balaban J connectivity index is 1.61. The number of nitrogens with one attached hydrogen (secondary N) is 2. The van der Waals surface area contributed by atoms with E-state index in [1.54, 1.807) is 0 Å². The Morgan fingerprint density at radius 1 is 1.06 bits per heavy atom. The SMILES string of the molecule is Cc1cc(N2CC(C)NC(C)C2)nc2c1cc(C(=O)NC1CC1)c1nc3ccccc3n12. The molecule has 2 N–H and O–H groups in total. The molecule has 2 atom stereocenters. The van der Waals surface area contributed by atoms with Gasteiger partial charge in [-0.05, 0) is 63.4 Å². The van der Waals surface area contributed by atoms with E-state index in [1.165, 1.54) is 0 Å². The maximum absolute atomic E-state index is 13.1. The second-order valence-electron chi connectivity index (χ2n) is 9.47. The molecule has 1 aliphatic heterocycles. The first-order valence-electron chi connectivity index (χ1n) is 11.5. The first-order valence-corrected chi connectivity index (χ1v) is 11.5. The maximum atomic E-state index is 13.1. The lowest BCUT2D eigenvalue weighted by atomic mass is 10.1. The van der Waals surface area contributed by atoms with Gasteiger partial charge in [0.2, 0.25) is 0 Å². The minimum Gasteiger partial charge on any atom is -0.353 e. The molecule has 1 saturated carbocycles. The summed E-state index contributed by atoms with van der Waals surface area (Å²) < 4.78 is 2.07. The molecule has 2 unspecified atom stereocenters. The summed E-state index contributed by atoms with van der Waals surface area (Å²) in [5.74, 6) is 0.924. The van der Waals surface area contributed by atoms with Crippen LogP contribution in [0.3, 0.4) is 0 Å². The molecule has 4 heterocycles. The maximum Gasteiger partial charge on any atom is 0.255 e. The van der Waals surface area contributed by atoms with Crippen molar-refractivity contribution in [2.45, 2.75) is 51.7 Å². The monoisotopic (exact) mass is 428 g/mol. The Hall–Kier alpha value is -3.19. The van der Waals surface area contributed by atoms with Crippen molar-refractivity contribution < 1.29 is 4.79 Å². The number of carbonyl (C=O) groups is 1. The summed E-state index contributed by atoms with van der Waals surface area (Å²) in [6.45, 7) is 8.36. The van der Waals surface area contributed by atoms with Gasteiger partial charge < -0.3 is 15.5 Å². The van der Waals surface area contributed by atoms with E-state index in [0.717, 1.165) is 59.4 Å². The summed E-state index contributed by atoms with van der Waals surface area (Å²) in [6.07, 6.45) is 2.11. The number of fused-ring (bicyclic) bond motifs is 5. The summed E-state index contributed by atoms with van der Waals surface area (Å²) in [5.41, 5.74) is 5.09. The Kier molecular flexibility index (Phi) is 4.37. The first-order chi connectivity index (χ1) is 15.5. The van der Waals surface area contributed by atoms with Crippen LogP contribution < -0.4 is 15.5 Å². The quantitative estimate of drug-likeness (QED) is 0.523. The molecular weight excluding hydrogens is 400 g/mol. The van der Waals surface area contributed by atoms with E-state index >= 15 is 0 Å². The average molecular weight is 429 g/mol. The summed E-state index contributed by atoms with van der Waals surface area (Å²) in [4.78, 5) is 25.5. The number of para-hydroxylation sites is 2. The third-order valence-corrected chi connectivity index (χ3v) is 6.57. The van der Waals surface area contributed by atoms with Crippen molar-refractivity contribution >= 4 is 39.4 Å². The number of aryl methyl sites for hydroxylation is 1. The van der Waals surface area contributed by atoms with Crippen LogP contribution >= 0.6 is 0 Å². The molecule has 164 valence electrons. The van der Waals surface area contributed by atoms with Crippen molar-refractivity contribution in [1.29, 1.82) is 0 Å². The van der Waals surface area contributed by atoms with Crippen LogP contribution in [0, 0.1) is 6.92 Å². The van der Waals surface area contributed by atoms with E-state index < -0.39 is 0 Å². The normalized spacial score (nSPS) is 21.5. The molecule has 4 aromatic rings. The Labute approximate surface area is 186 Å². The standard InChI is InChI=1S/C25H28N6O/c1-14-10-22(30-12-15(2)26-16(3)13-30)29-23-18(14)11-19(25(32)27-17-8-9-17)24-28-20-6-4-5-7-21(20)31(23)24/h4-7,10-11,15-17,26H,8-9,12-13H2,1-3H3,(H,27,32). The molecule has 1 aromatic carbocycles. The van der Waals surface area contributed by atoms with Gasteiger partial charge in [-0.25, -0.2) is 9.97 Å². The lowest BCUT2D eigenvalue weighted by Crippen LogP contribution is -2.54. The molecule has 7 nitrogen and oxygen atoms in total. The number of anilines is 1. The zero-order valence-corrected chi connectivity index (χ0v) is 18.7. The fourth-order valence-electron chi connectivity index (χ4n) is 4.96. The van der Waals surface area contributed by atoms with Crippen LogP contribution in [0.1, 0.15) is 42.6 Å². The van der Waals surface area contributed by atoms with Gasteiger partial charge in [0.05, 0.1) is 16.6 Å². The van der Waals surface area contributed by atoms with Crippen LogP contribution in [-0.2, 0) is 0 Å². The molecule has 2 aliphatic rings. The molecule has 1 saturated heterocycles. The van der Waals surface area contributed by atoms with Crippen LogP contribution in [0.5, 0.6) is 0 Å². The third kappa shape index (κ3) is 3.19. The number of hydrogen-bond acceptors (Lipinski definition) is 5. The van der Waals surface area contributed by atoms with Crippen LogP contribution in [0.25, 0.3) is 27.7 Å². The van der Waals surface area contributed by atoms with Gasteiger partial charge >= 0.3 is 0 Å². The number of aromatic nitrogens is 3. The van der Waals surface area contributed by atoms with Crippen LogP contribution in [-0.4, -0.2) is 51.5 Å². The number of hydrogen-bond donors (Lipinski definition) is 2. The molecule has 0 bridgehead atoms. The number of amides is 1.